The first-order chi connectivity index (χ1) is 8.11. The van der Waals surface area contributed by atoms with Crippen LogP contribution in [0.1, 0.15) is 12.8 Å². The zero-order valence-electron chi connectivity index (χ0n) is 10.7. The summed E-state index contributed by atoms with van der Waals surface area (Å²) in [5.41, 5.74) is 1.04. The van der Waals surface area contributed by atoms with Gasteiger partial charge in [0, 0.05) is 20.5 Å². The normalized spacial score (nSPS) is 12.0. The average molecular weight is 231 g/mol. The smallest absolute Gasteiger partial charge is 0.222 e. The topological polar surface area (TPSA) is 20.3 Å². The molecule has 0 saturated carbocycles. The molecule has 0 bridgehead atoms. The second kappa shape index (κ2) is 9.40. The maximum Gasteiger partial charge on any atom is 0.222 e. The minimum atomic E-state index is 0.144. The lowest BCUT2D eigenvalue weighted by Crippen LogP contribution is -2.20. The van der Waals surface area contributed by atoms with Crippen molar-refractivity contribution in [3.05, 3.63) is 61.3 Å². The van der Waals surface area contributed by atoms with E-state index < -0.39 is 0 Å². The van der Waals surface area contributed by atoms with E-state index in [1.807, 2.05) is 30.4 Å². The predicted octanol–water partition coefficient (Wildman–Crippen LogP) is 3.27. The van der Waals surface area contributed by atoms with Crippen LogP contribution in [0.3, 0.4) is 0 Å². The van der Waals surface area contributed by atoms with Gasteiger partial charge in [0.05, 0.1) is 0 Å². The second-order valence-corrected chi connectivity index (χ2v) is 3.73. The molecule has 17 heavy (non-hydrogen) atoms. The molecule has 0 aliphatic rings. The van der Waals surface area contributed by atoms with Gasteiger partial charge >= 0.3 is 0 Å². The van der Waals surface area contributed by atoms with Crippen molar-refractivity contribution < 1.29 is 4.79 Å². The Morgan fingerprint density at radius 3 is 2.41 bits per heavy atom. The second-order valence-electron chi connectivity index (χ2n) is 3.73. The van der Waals surface area contributed by atoms with E-state index in [-0.39, 0.29) is 5.91 Å². The van der Waals surface area contributed by atoms with Crippen LogP contribution in [0.2, 0.25) is 0 Å². The number of carbonyl (C=O) groups is 1. The van der Waals surface area contributed by atoms with E-state index in [1.54, 1.807) is 31.1 Å². The first kappa shape index (κ1) is 15.2. The molecule has 0 N–H and O–H groups in total. The van der Waals surface area contributed by atoms with Crippen LogP contribution in [0, 0.1) is 0 Å². The van der Waals surface area contributed by atoms with Crippen LogP contribution in [0.4, 0.5) is 0 Å². The minimum absolute atomic E-state index is 0.144. The number of hydrogen-bond acceptors (Lipinski definition) is 1. The number of carbonyl (C=O) groups excluding carboxylic acids is 1. The van der Waals surface area contributed by atoms with Crippen molar-refractivity contribution in [1.29, 1.82) is 0 Å². The number of nitrogens with zero attached hydrogens (tertiary/aromatic N) is 1. The molecule has 0 aromatic carbocycles. The summed E-state index contributed by atoms with van der Waals surface area (Å²) < 4.78 is 0. The Balaban J connectivity index is 4.24. The minimum Gasteiger partial charge on any atom is -0.349 e. The Morgan fingerprint density at radius 1 is 1.18 bits per heavy atom. The van der Waals surface area contributed by atoms with E-state index in [9.17, 15) is 4.79 Å². The molecule has 0 aromatic heterocycles. The molecular weight excluding hydrogens is 210 g/mol. The summed E-state index contributed by atoms with van der Waals surface area (Å²) in [5, 5.41) is 0. The number of allylic oxidation sites excluding steroid dienone is 8. The van der Waals surface area contributed by atoms with Gasteiger partial charge in [-0.3, -0.25) is 4.79 Å². The van der Waals surface area contributed by atoms with E-state index >= 15 is 0 Å². The van der Waals surface area contributed by atoms with Gasteiger partial charge in [-0.15, -0.1) is 0 Å². The summed E-state index contributed by atoms with van der Waals surface area (Å²) in [6, 6.07) is 0. The van der Waals surface area contributed by atoms with E-state index in [2.05, 4.69) is 13.2 Å². The Morgan fingerprint density at radius 2 is 1.88 bits per heavy atom. The van der Waals surface area contributed by atoms with Gasteiger partial charge in [-0.05, 0) is 12.0 Å². The van der Waals surface area contributed by atoms with E-state index in [4.69, 9.17) is 0 Å². The highest BCUT2D eigenvalue weighted by molar-refractivity contribution is 5.75. The molecular formula is C15H21NO. The first-order valence-electron chi connectivity index (χ1n) is 5.60. The number of rotatable bonds is 7. The maximum atomic E-state index is 11.3. The number of hydrogen-bond donors (Lipinski definition) is 0. The molecule has 0 fully saturated rings. The van der Waals surface area contributed by atoms with Crippen molar-refractivity contribution in [3.8, 4) is 0 Å². The van der Waals surface area contributed by atoms with Gasteiger partial charge in [0.15, 0.2) is 0 Å². The highest BCUT2D eigenvalue weighted by Gasteiger charge is 2.00. The monoisotopic (exact) mass is 231 g/mol. The van der Waals surface area contributed by atoms with Gasteiger partial charge in [0.25, 0.3) is 0 Å². The lowest BCUT2D eigenvalue weighted by Gasteiger charge is -2.07. The molecule has 0 radical (unpaired) electrons. The third kappa shape index (κ3) is 8.03. The third-order valence-electron chi connectivity index (χ3n) is 2.07. The quantitative estimate of drug-likeness (QED) is 0.616. The zero-order valence-corrected chi connectivity index (χ0v) is 10.7. The maximum absolute atomic E-state index is 11.3. The van der Waals surface area contributed by atoms with Crippen LogP contribution in [-0.4, -0.2) is 24.9 Å². The molecule has 2 nitrogen and oxygen atoms in total. The van der Waals surface area contributed by atoms with Crippen molar-refractivity contribution in [3.63, 3.8) is 0 Å². The molecule has 0 atom stereocenters. The van der Waals surface area contributed by atoms with E-state index in [0.717, 1.165) is 12.0 Å². The van der Waals surface area contributed by atoms with Gasteiger partial charge in [-0.25, -0.2) is 0 Å². The zero-order chi connectivity index (χ0) is 13.1. The molecule has 0 saturated heterocycles. The molecule has 0 rings (SSSR count). The van der Waals surface area contributed by atoms with Crippen molar-refractivity contribution in [2.75, 3.05) is 14.1 Å². The van der Waals surface area contributed by atoms with Crippen molar-refractivity contribution in [2.24, 2.45) is 0 Å². The van der Waals surface area contributed by atoms with Crippen LogP contribution in [0.15, 0.2) is 61.3 Å². The summed E-state index contributed by atoms with van der Waals surface area (Å²) in [6.45, 7) is 7.28. The molecule has 1 amide bonds. The van der Waals surface area contributed by atoms with Gasteiger partial charge in [0.2, 0.25) is 5.91 Å². The molecule has 0 heterocycles. The summed E-state index contributed by atoms with van der Waals surface area (Å²) in [5.74, 6) is 0.144. The van der Waals surface area contributed by atoms with Crippen LogP contribution in [0.25, 0.3) is 0 Å². The Labute approximate surface area is 104 Å². The van der Waals surface area contributed by atoms with Crippen molar-refractivity contribution >= 4 is 5.91 Å². The van der Waals surface area contributed by atoms with E-state index in [1.165, 1.54) is 0 Å². The fraction of sp³-hybridized carbons (Fsp3) is 0.267. The van der Waals surface area contributed by atoms with Crippen molar-refractivity contribution in [2.45, 2.75) is 12.8 Å². The first-order valence-corrected chi connectivity index (χ1v) is 5.60. The van der Waals surface area contributed by atoms with Gasteiger partial charge in [-0.1, -0.05) is 55.7 Å². The largest absolute Gasteiger partial charge is 0.349 e. The summed E-state index contributed by atoms with van der Waals surface area (Å²) in [4.78, 5) is 12.9. The van der Waals surface area contributed by atoms with Crippen molar-refractivity contribution in [1.82, 2.24) is 4.90 Å². The molecule has 0 aromatic rings. The highest BCUT2D eigenvalue weighted by Crippen LogP contribution is 2.03. The Hall–Kier alpha value is -1.83. The SMILES string of the molecule is C=C\C=C/C(=C\C=C)/C=C/CCC(=O)N(C)C. The van der Waals surface area contributed by atoms with Crippen LogP contribution < -0.4 is 0 Å². The molecule has 0 unspecified atom stereocenters. The molecule has 0 aliphatic heterocycles. The Bertz CT molecular complexity index is 346. The predicted molar refractivity (Wildman–Crippen MR) is 74.7 cm³/mol. The van der Waals surface area contributed by atoms with E-state index in [0.29, 0.717) is 6.42 Å². The molecule has 0 spiro atoms. The molecule has 0 aliphatic carbocycles. The standard InChI is InChI=1S/C15H21NO/c1-5-7-11-14(10-6-2)12-8-9-13-15(17)16(3)4/h5-8,10-12H,1-2,9,13H2,3-4H3/b11-7-,12-8+,14-10+. The molecule has 92 valence electrons. The fourth-order valence-electron chi connectivity index (χ4n) is 1.13. The van der Waals surface area contributed by atoms with Gasteiger partial charge in [-0.2, -0.15) is 0 Å². The molecule has 2 heteroatoms. The third-order valence-corrected chi connectivity index (χ3v) is 2.07. The van der Waals surface area contributed by atoms with Gasteiger partial charge < -0.3 is 4.90 Å². The van der Waals surface area contributed by atoms with Gasteiger partial charge in [0.1, 0.15) is 0 Å². The van der Waals surface area contributed by atoms with Crippen LogP contribution in [-0.2, 0) is 4.79 Å². The lowest BCUT2D eigenvalue weighted by molar-refractivity contribution is -0.128. The summed E-state index contributed by atoms with van der Waals surface area (Å²) in [7, 11) is 3.53. The Kier molecular flexibility index (Phi) is 8.39. The lowest BCUT2D eigenvalue weighted by atomic mass is 10.1. The summed E-state index contributed by atoms with van der Waals surface area (Å²) in [6.07, 6.45) is 14.4. The summed E-state index contributed by atoms with van der Waals surface area (Å²) >= 11 is 0. The average Bonchev–Trinajstić information content (AvgIpc) is 2.30. The highest BCUT2D eigenvalue weighted by atomic mass is 16.2. The fourth-order valence-corrected chi connectivity index (χ4v) is 1.13. The van der Waals surface area contributed by atoms with Crippen LogP contribution >= 0.6 is 0 Å². The van der Waals surface area contributed by atoms with Crippen LogP contribution in [0.5, 0.6) is 0 Å². The number of amides is 1.